The standard InChI is InChI=1S/C27H27Cl2N3O3/c1-17(2)13-27(32-26(35)31-16-19-10-8-18(9-11-19)12-23(33)34)14-22(28)24(25(29)21(27)15-30)20-6-4-3-5-7-20/h3-11,14,17,21H,12-13,16H2,1-2H3,(H,33,34)(H2,31,32,35). The van der Waals surface area contributed by atoms with Crippen LogP contribution >= 0.6 is 23.2 Å². The molecule has 2 atom stereocenters. The van der Waals surface area contributed by atoms with Gasteiger partial charge in [-0.05, 0) is 35.1 Å². The summed E-state index contributed by atoms with van der Waals surface area (Å²) in [5, 5.41) is 25.5. The van der Waals surface area contributed by atoms with E-state index in [0.29, 0.717) is 27.6 Å². The molecule has 8 heteroatoms. The predicted molar refractivity (Wildman–Crippen MR) is 138 cm³/mol. The highest BCUT2D eigenvalue weighted by Crippen LogP contribution is 2.46. The van der Waals surface area contributed by atoms with E-state index in [-0.39, 0.29) is 18.9 Å². The summed E-state index contributed by atoms with van der Waals surface area (Å²) in [4.78, 5) is 23.8. The summed E-state index contributed by atoms with van der Waals surface area (Å²) in [6, 6.07) is 18.2. The molecule has 0 aromatic heterocycles. The van der Waals surface area contributed by atoms with E-state index in [1.807, 2.05) is 44.2 Å². The topological polar surface area (TPSA) is 102 Å². The number of nitriles is 1. The zero-order valence-corrected chi connectivity index (χ0v) is 21.0. The van der Waals surface area contributed by atoms with Crippen molar-refractivity contribution in [3.8, 4) is 6.07 Å². The van der Waals surface area contributed by atoms with Crippen LogP contribution in [0.2, 0.25) is 0 Å². The molecule has 0 heterocycles. The molecule has 0 saturated carbocycles. The van der Waals surface area contributed by atoms with Crippen LogP contribution in [0.1, 0.15) is 37.0 Å². The van der Waals surface area contributed by atoms with Crippen LogP contribution in [0.15, 0.2) is 70.7 Å². The molecule has 2 aromatic carbocycles. The number of nitrogens with one attached hydrogen (secondary N) is 2. The minimum absolute atomic E-state index is 0.0617. The number of carbonyl (C=O) groups excluding carboxylic acids is 1. The molecule has 0 radical (unpaired) electrons. The number of carboxylic acid groups (broad SMARTS) is 1. The van der Waals surface area contributed by atoms with E-state index in [2.05, 4.69) is 16.7 Å². The van der Waals surface area contributed by atoms with Crippen molar-refractivity contribution in [3.05, 3.63) is 87.4 Å². The van der Waals surface area contributed by atoms with Gasteiger partial charge in [-0.2, -0.15) is 5.26 Å². The summed E-state index contributed by atoms with van der Waals surface area (Å²) in [5.41, 5.74) is 1.78. The van der Waals surface area contributed by atoms with Crippen molar-refractivity contribution in [2.24, 2.45) is 11.8 Å². The molecule has 2 unspecified atom stereocenters. The number of benzene rings is 2. The first-order chi connectivity index (χ1) is 16.6. The normalized spacial score (nSPS) is 19.7. The van der Waals surface area contributed by atoms with Crippen LogP contribution in [0.5, 0.6) is 0 Å². The summed E-state index contributed by atoms with van der Waals surface area (Å²) in [6.45, 7) is 4.23. The first kappa shape index (κ1) is 26.3. The maximum atomic E-state index is 13.0. The molecule has 35 heavy (non-hydrogen) atoms. The highest BCUT2D eigenvalue weighted by molar-refractivity contribution is 6.43. The third-order valence-electron chi connectivity index (χ3n) is 5.75. The van der Waals surface area contributed by atoms with Gasteiger partial charge in [0, 0.05) is 22.2 Å². The maximum Gasteiger partial charge on any atom is 0.315 e. The SMILES string of the molecule is CC(C)CC1(NC(=O)NCc2ccc(CC(=O)O)cc2)C=C(Cl)C(c2ccccc2)=C(Cl)C1C#N. The average molecular weight is 512 g/mol. The second-order valence-corrected chi connectivity index (χ2v) is 9.79. The minimum Gasteiger partial charge on any atom is -0.481 e. The van der Waals surface area contributed by atoms with Crippen molar-refractivity contribution in [3.63, 3.8) is 0 Å². The molecule has 0 aliphatic heterocycles. The first-order valence-corrected chi connectivity index (χ1v) is 12.0. The minimum atomic E-state index is -1.09. The Morgan fingerprint density at radius 1 is 1.09 bits per heavy atom. The second kappa shape index (κ2) is 11.4. The molecule has 2 amide bonds. The van der Waals surface area contributed by atoms with Crippen LogP contribution in [-0.4, -0.2) is 22.6 Å². The fourth-order valence-electron chi connectivity index (χ4n) is 4.32. The first-order valence-electron chi connectivity index (χ1n) is 11.2. The molecule has 182 valence electrons. The third-order valence-corrected chi connectivity index (χ3v) is 6.45. The van der Waals surface area contributed by atoms with Gasteiger partial charge < -0.3 is 15.7 Å². The number of rotatable bonds is 8. The molecule has 1 aliphatic carbocycles. The van der Waals surface area contributed by atoms with Crippen molar-refractivity contribution in [2.75, 3.05) is 0 Å². The quantitative estimate of drug-likeness (QED) is 0.415. The van der Waals surface area contributed by atoms with E-state index >= 15 is 0 Å². The van der Waals surface area contributed by atoms with E-state index in [1.165, 1.54) is 0 Å². The summed E-state index contributed by atoms with van der Waals surface area (Å²) in [6.07, 6.45) is 2.13. The molecule has 3 N–H and O–H groups in total. The molecule has 0 saturated heterocycles. The molecule has 0 bridgehead atoms. The summed E-state index contributed by atoms with van der Waals surface area (Å²) < 4.78 is 0. The average Bonchev–Trinajstić information content (AvgIpc) is 2.78. The number of allylic oxidation sites excluding steroid dienone is 2. The van der Waals surface area contributed by atoms with Crippen LogP contribution in [0.25, 0.3) is 5.57 Å². The van der Waals surface area contributed by atoms with Crippen LogP contribution < -0.4 is 10.6 Å². The van der Waals surface area contributed by atoms with E-state index in [9.17, 15) is 14.9 Å². The highest BCUT2D eigenvalue weighted by atomic mass is 35.5. The molecule has 6 nitrogen and oxygen atoms in total. The Balaban J connectivity index is 1.82. The number of urea groups is 1. The maximum absolute atomic E-state index is 13.0. The van der Waals surface area contributed by atoms with Gasteiger partial charge in [0.2, 0.25) is 0 Å². The predicted octanol–water partition coefficient (Wildman–Crippen LogP) is 5.82. The fraction of sp³-hybridized carbons (Fsp3) is 0.296. The van der Waals surface area contributed by atoms with E-state index in [1.54, 1.807) is 30.3 Å². The summed E-state index contributed by atoms with van der Waals surface area (Å²) >= 11 is 13.5. The fourth-order valence-corrected chi connectivity index (χ4v) is 5.23. The van der Waals surface area contributed by atoms with Crippen LogP contribution in [0.4, 0.5) is 4.79 Å². The number of hydrogen-bond donors (Lipinski definition) is 3. The number of carboxylic acids is 1. The Kier molecular flexibility index (Phi) is 8.61. The van der Waals surface area contributed by atoms with Crippen molar-refractivity contribution in [1.29, 1.82) is 5.26 Å². The van der Waals surface area contributed by atoms with Gasteiger partial charge in [-0.1, -0.05) is 91.6 Å². The summed E-state index contributed by atoms with van der Waals surface area (Å²) in [7, 11) is 0. The number of hydrogen-bond acceptors (Lipinski definition) is 3. The van der Waals surface area contributed by atoms with Gasteiger partial charge in [0.25, 0.3) is 0 Å². The van der Waals surface area contributed by atoms with Gasteiger partial charge in [0.05, 0.1) is 18.0 Å². The van der Waals surface area contributed by atoms with Crippen LogP contribution in [-0.2, 0) is 17.8 Å². The Labute approximate surface area is 215 Å². The van der Waals surface area contributed by atoms with Gasteiger partial charge in [-0.25, -0.2) is 4.79 Å². The van der Waals surface area contributed by atoms with Crippen molar-refractivity contribution >= 4 is 40.8 Å². The van der Waals surface area contributed by atoms with Gasteiger partial charge in [-0.3, -0.25) is 4.79 Å². The Morgan fingerprint density at radius 3 is 2.29 bits per heavy atom. The molecular weight excluding hydrogens is 485 g/mol. The highest BCUT2D eigenvalue weighted by Gasteiger charge is 2.45. The number of amides is 2. The molecule has 1 aliphatic rings. The zero-order chi connectivity index (χ0) is 25.6. The second-order valence-electron chi connectivity index (χ2n) is 8.98. The summed E-state index contributed by atoms with van der Waals surface area (Å²) in [5.74, 6) is -1.60. The number of nitrogens with zero attached hydrogens (tertiary/aromatic N) is 1. The Bertz CT molecular complexity index is 1180. The molecule has 0 spiro atoms. The van der Waals surface area contributed by atoms with Gasteiger partial charge >= 0.3 is 12.0 Å². The largest absolute Gasteiger partial charge is 0.481 e. The van der Waals surface area contributed by atoms with Crippen LogP contribution in [0, 0.1) is 23.2 Å². The molecule has 2 aromatic rings. The lowest BCUT2D eigenvalue weighted by molar-refractivity contribution is -0.136. The van der Waals surface area contributed by atoms with Gasteiger partial charge in [0.1, 0.15) is 5.92 Å². The number of carbonyl (C=O) groups is 2. The van der Waals surface area contributed by atoms with Crippen LogP contribution in [0.3, 0.4) is 0 Å². The molecular formula is C27H27Cl2N3O3. The lowest BCUT2D eigenvalue weighted by Gasteiger charge is -2.40. The van der Waals surface area contributed by atoms with Crippen molar-refractivity contribution in [2.45, 2.75) is 38.8 Å². The number of halogens is 2. The molecule has 3 rings (SSSR count). The molecule has 0 fully saturated rings. The lowest BCUT2D eigenvalue weighted by Crippen LogP contribution is -2.56. The Morgan fingerprint density at radius 2 is 1.71 bits per heavy atom. The van der Waals surface area contributed by atoms with Crippen molar-refractivity contribution in [1.82, 2.24) is 10.6 Å². The van der Waals surface area contributed by atoms with Crippen molar-refractivity contribution < 1.29 is 14.7 Å². The smallest absolute Gasteiger partial charge is 0.315 e. The van der Waals surface area contributed by atoms with E-state index in [0.717, 1.165) is 11.1 Å². The van der Waals surface area contributed by atoms with E-state index < -0.39 is 23.5 Å². The Hall–Kier alpha value is -3.27. The van der Waals surface area contributed by atoms with E-state index in [4.69, 9.17) is 28.3 Å². The van der Waals surface area contributed by atoms with Gasteiger partial charge in [-0.15, -0.1) is 0 Å². The van der Waals surface area contributed by atoms with Gasteiger partial charge in [0.15, 0.2) is 0 Å². The lowest BCUT2D eigenvalue weighted by atomic mass is 9.73. The number of aliphatic carboxylic acids is 1. The zero-order valence-electron chi connectivity index (χ0n) is 19.5. The monoisotopic (exact) mass is 511 g/mol. The third kappa shape index (κ3) is 6.45.